The normalized spacial score (nSPS) is 16.4. The molecule has 0 rings (SSSR count). The minimum atomic E-state index is -4.62. The Kier molecular flexibility index (Phi) is 39.1. The third-order valence-electron chi connectivity index (χ3n) is 10.3. The van der Waals surface area contributed by atoms with Gasteiger partial charge in [-0.05, 0) is 42.6 Å². The Morgan fingerprint density at radius 1 is 0.644 bits per heavy atom. The highest BCUT2D eigenvalue weighted by atomic mass is 31.2. The second-order valence-electron chi connectivity index (χ2n) is 18.2. The molecule has 0 aliphatic carbocycles. The first kappa shape index (κ1) is 59.2. The number of likely N-dealkylation sites (N-methyl/N-ethyl adjacent to an activating group) is 1. The number of phosphoric ester groups is 1. The van der Waals surface area contributed by atoms with Gasteiger partial charge in [0.1, 0.15) is 12.6 Å². The second-order valence-corrected chi connectivity index (χ2v) is 19.6. The van der Waals surface area contributed by atoms with Crippen LogP contribution in [0.1, 0.15) is 164 Å². The van der Waals surface area contributed by atoms with Crippen LogP contribution in [0.4, 0.5) is 0 Å². The van der Waals surface area contributed by atoms with Crippen molar-refractivity contribution in [2.75, 3.05) is 40.9 Å². The number of hydrogen-bond acceptors (Lipinski definition) is 6. The largest absolute Gasteiger partial charge is 0.473 e. The number of ketones is 1. The number of aliphatic hydroxyl groups excluding tert-OH is 2. The fourth-order valence-corrected chi connectivity index (χ4v) is 7.17. The minimum Gasteiger partial charge on any atom is -0.394 e. The Labute approximate surface area is 364 Å². The molecule has 0 saturated carbocycles. The molecule has 0 fully saturated rings. The average Bonchev–Trinajstić information content (AvgIpc) is 3.16. The number of rotatable bonds is 36. The first-order chi connectivity index (χ1) is 28.0. The SMILES string of the molecule is CCC(C)CCCC(C)CCCC(C)CCCC(C)C.CCCCCCCCCC=CC=CC=CC=CC=CC=CC(=O)C(C[N+](C)(C)C)OP(=O)(O)OCC(O)CO. The van der Waals surface area contributed by atoms with Gasteiger partial charge in [-0.2, -0.15) is 0 Å². The van der Waals surface area contributed by atoms with Crippen molar-refractivity contribution < 1.29 is 38.0 Å². The van der Waals surface area contributed by atoms with E-state index >= 15 is 0 Å². The zero-order chi connectivity index (χ0) is 44.8. The second kappa shape index (κ2) is 39.0. The van der Waals surface area contributed by atoms with E-state index in [-0.39, 0.29) is 6.54 Å². The van der Waals surface area contributed by atoms with Crippen LogP contribution in [0.5, 0.6) is 0 Å². The van der Waals surface area contributed by atoms with Gasteiger partial charge in [-0.15, -0.1) is 0 Å². The molecule has 0 saturated heterocycles. The Hall–Kier alpha value is -1.90. The molecule has 59 heavy (non-hydrogen) atoms. The van der Waals surface area contributed by atoms with Crippen molar-refractivity contribution in [3.05, 3.63) is 72.9 Å². The monoisotopic (exact) mass is 851 g/mol. The van der Waals surface area contributed by atoms with Crippen LogP contribution in [0.15, 0.2) is 72.9 Å². The lowest BCUT2D eigenvalue weighted by atomic mass is 9.91. The summed E-state index contributed by atoms with van der Waals surface area (Å²) in [5.74, 6) is 3.21. The molecule has 6 unspecified atom stereocenters. The van der Waals surface area contributed by atoms with E-state index < -0.39 is 39.0 Å². The third-order valence-corrected chi connectivity index (χ3v) is 11.3. The van der Waals surface area contributed by atoms with Gasteiger partial charge >= 0.3 is 7.82 Å². The summed E-state index contributed by atoms with van der Waals surface area (Å²) in [5.41, 5.74) is 0. The zero-order valence-electron chi connectivity index (χ0n) is 39.6. The van der Waals surface area contributed by atoms with Crippen LogP contribution in [0, 0.1) is 23.7 Å². The predicted molar refractivity (Wildman–Crippen MR) is 253 cm³/mol. The molecule has 0 aliphatic rings. The van der Waals surface area contributed by atoms with Gasteiger partial charge < -0.3 is 19.6 Å². The molecule has 9 heteroatoms. The average molecular weight is 851 g/mol. The molecule has 0 aromatic heterocycles. The first-order valence-corrected chi connectivity index (χ1v) is 24.7. The summed E-state index contributed by atoms with van der Waals surface area (Å²) in [6, 6.07) is 0. The number of carbonyl (C=O) groups is 1. The Morgan fingerprint density at radius 3 is 1.58 bits per heavy atom. The molecule has 0 radical (unpaired) electrons. The summed E-state index contributed by atoms with van der Waals surface area (Å²) >= 11 is 0. The number of unbranched alkanes of at least 4 members (excludes halogenated alkanes) is 7. The topological polar surface area (TPSA) is 113 Å². The summed E-state index contributed by atoms with van der Waals surface area (Å²) in [7, 11) is 0.820. The number of aliphatic hydroxyl groups is 2. The third kappa shape index (κ3) is 44.0. The van der Waals surface area contributed by atoms with E-state index in [4.69, 9.17) is 9.63 Å². The van der Waals surface area contributed by atoms with Gasteiger partial charge in [0, 0.05) is 0 Å². The van der Waals surface area contributed by atoms with Crippen molar-refractivity contribution in [2.24, 2.45) is 23.7 Å². The molecule has 0 aromatic carbocycles. The van der Waals surface area contributed by atoms with Crippen molar-refractivity contribution in [3.63, 3.8) is 0 Å². The van der Waals surface area contributed by atoms with Crippen LogP contribution >= 0.6 is 7.82 Å². The molecular formula is C50H93NO7P+. The van der Waals surface area contributed by atoms with Crippen molar-refractivity contribution >= 4 is 13.6 Å². The summed E-state index contributed by atoms with van der Waals surface area (Å²) in [6.07, 6.45) is 44.1. The lowest BCUT2D eigenvalue weighted by molar-refractivity contribution is -0.872. The molecule has 0 aliphatic heterocycles. The maximum atomic E-state index is 12.6. The van der Waals surface area contributed by atoms with E-state index in [1.54, 1.807) is 12.2 Å². The van der Waals surface area contributed by atoms with E-state index in [2.05, 4.69) is 65.1 Å². The van der Waals surface area contributed by atoms with Crippen LogP contribution in [-0.4, -0.2) is 78.5 Å². The molecule has 0 heterocycles. The van der Waals surface area contributed by atoms with Crippen molar-refractivity contribution in [1.29, 1.82) is 0 Å². The zero-order valence-corrected chi connectivity index (χ0v) is 40.5. The van der Waals surface area contributed by atoms with E-state index in [1.165, 1.54) is 121 Å². The van der Waals surface area contributed by atoms with Crippen LogP contribution in [0.2, 0.25) is 0 Å². The molecular weight excluding hydrogens is 758 g/mol. The lowest BCUT2D eigenvalue weighted by Gasteiger charge is -2.28. The van der Waals surface area contributed by atoms with Gasteiger partial charge in [-0.1, -0.05) is 218 Å². The minimum absolute atomic E-state index is 0.121. The summed E-state index contributed by atoms with van der Waals surface area (Å²) in [4.78, 5) is 22.5. The molecule has 0 aromatic rings. The highest BCUT2D eigenvalue weighted by Gasteiger charge is 2.34. The number of carbonyl (C=O) groups excluding carboxylic acids is 1. The van der Waals surface area contributed by atoms with Crippen molar-refractivity contribution in [1.82, 2.24) is 0 Å². The van der Waals surface area contributed by atoms with E-state index in [0.29, 0.717) is 4.48 Å². The van der Waals surface area contributed by atoms with Crippen LogP contribution in [0.25, 0.3) is 0 Å². The van der Waals surface area contributed by atoms with Gasteiger partial charge in [0.25, 0.3) is 0 Å². The quantitative estimate of drug-likeness (QED) is 0.0189. The van der Waals surface area contributed by atoms with Gasteiger partial charge in [-0.3, -0.25) is 13.8 Å². The summed E-state index contributed by atoms with van der Waals surface area (Å²) in [6.45, 7) is 15.4. The molecule has 8 nitrogen and oxygen atoms in total. The highest BCUT2D eigenvalue weighted by Crippen LogP contribution is 2.45. The fraction of sp³-hybridized carbons (Fsp3) is 0.740. The molecule has 0 amide bonds. The van der Waals surface area contributed by atoms with Crippen molar-refractivity contribution in [2.45, 2.75) is 176 Å². The van der Waals surface area contributed by atoms with E-state index in [1.807, 2.05) is 57.6 Å². The molecule has 6 atom stereocenters. The maximum Gasteiger partial charge on any atom is 0.473 e. The molecule has 0 spiro atoms. The Bertz CT molecular complexity index is 1220. The molecule has 0 bridgehead atoms. The van der Waals surface area contributed by atoms with Crippen molar-refractivity contribution in [3.8, 4) is 0 Å². The number of hydrogen-bond donors (Lipinski definition) is 3. The number of quaternary nitrogens is 1. The number of allylic oxidation sites excluding steroid dienone is 11. The number of phosphoric acid groups is 1. The van der Waals surface area contributed by atoms with E-state index in [0.717, 1.165) is 30.1 Å². The fourth-order valence-electron chi connectivity index (χ4n) is 6.26. The predicted octanol–water partition coefficient (Wildman–Crippen LogP) is 13.1. The van der Waals surface area contributed by atoms with Gasteiger partial charge in [-0.25, -0.2) is 4.57 Å². The standard InChI is InChI=1S/C30H50NO7P.C20H42/c1-5-6-7-8-9-10-11-12-13-14-15-16-17-18-19-20-21-22-23-24-29(34)30(25-31(2,3)4)38-39(35,36)37-27-28(33)26-32;1-7-18(4)12-9-14-20(6)16-10-15-19(5)13-8-11-17(2)3/h13-24,28,30,32-33H,5-12,25-27H2,1-4H3;17-20H,7-16H2,1-6H3/p+1. The lowest BCUT2D eigenvalue weighted by Crippen LogP contribution is -2.45. The maximum absolute atomic E-state index is 12.6. The van der Waals surface area contributed by atoms with Crippen LogP contribution in [-0.2, 0) is 18.4 Å². The summed E-state index contributed by atoms with van der Waals surface area (Å²) in [5, 5.41) is 18.1. The van der Waals surface area contributed by atoms with Gasteiger partial charge in [0.15, 0.2) is 11.9 Å². The first-order valence-electron chi connectivity index (χ1n) is 23.2. The smallest absolute Gasteiger partial charge is 0.394 e. The van der Waals surface area contributed by atoms with Crippen LogP contribution < -0.4 is 0 Å². The highest BCUT2D eigenvalue weighted by molar-refractivity contribution is 7.47. The van der Waals surface area contributed by atoms with E-state index in [9.17, 15) is 19.4 Å². The summed E-state index contributed by atoms with van der Waals surface area (Å²) < 4.78 is 22.2. The molecule has 344 valence electrons. The van der Waals surface area contributed by atoms with Gasteiger partial charge in [0.05, 0.1) is 34.4 Å². The number of nitrogens with zero attached hydrogens (tertiary/aromatic N) is 1. The van der Waals surface area contributed by atoms with Crippen LogP contribution in [0.3, 0.4) is 0 Å². The Balaban J connectivity index is 0. The van der Waals surface area contributed by atoms with Gasteiger partial charge in [0.2, 0.25) is 0 Å². The molecule has 3 N–H and O–H groups in total. The Morgan fingerprint density at radius 2 is 1.10 bits per heavy atom.